The van der Waals surface area contributed by atoms with E-state index in [-0.39, 0.29) is 17.2 Å². The second-order valence-corrected chi connectivity index (χ2v) is 9.05. The van der Waals surface area contributed by atoms with Crippen LogP contribution in [0.2, 0.25) is 0 Å². The minimum Gasteiger partial charge on any atom is -0.496 e. The van der Waals surface area contributed by atoms with E-state index in [9.17, 15) is 14.4 Å². The zero-order valence-electron chi connectivity index (χ0n) is 21.5. The fourth-order valence-corrected chi connectivity index (χ4v) is 4.37. The molecule has 0 saturated heterocycles. The molecule has 0 radical (unpaired) electrons. The van der Waals surface area contributed by atoms with Gasteiger partial charge in [0.2, 0.25) is 5.43 Å². The lowest BCUT2D eigenvalue weighted by molar-refractivity contribution is 0.0892. The Hall–Kier alpha value is -3.39. The molecule has 1 aliphatic rings. The summed E-state index contributed by atoms with van der Waals surface area (Å²) in [5.74, 6) is -0.330. The molecule has 1 aromatic carbocycles. The molecule has 0 aliphatic heterocycles. The van der Waals surface area contributed by atoms with Gasteiger partial charge in [-0.25, -0.2) is 0 Å². The Bertz CT molecular complexity index is 1140. The molecular formula is C28H37N3O5. The number of para-hydroxylation sites is 1. The van der Waals surface area contributed by atoms with Gasteiger partial charge in [-0.05, 0) is 44.6 Å². The Labute approximate surface area is 212 Å². The van der Waals surface area contributed by atoms with Gasteiger partial charge in [0.25, 0.3) is 11.8 Å². The van der Waals surface area contributed by atoms with Crippen molar-refractivity contribution in [3.8, 4) is 5.75 Å². The Morgan fingerprint density at radius 2 is 1.83 bits per heavy atom. The maximum absolute atomic E-state index is 13.3. The maximum atomic E-state index is 13.3. The summed E-state index contributed by atoms with van der Waals surface area (Å²) in [6.07, 6.45) is 11.2. The predicted octanol–water partition coefficient (Wildman–Crippen LogP) is 3.68. The van der Waals surface area contributed by atoms with Gasteiger partial charge in [0.1, 0.15) is 16.9 Å². The number of nitrogens with zero attached hydrogens (tertiary/aromatic N) is 1. The van der Waals surface area contributed by atoms with Crippen LogP contribution in [0, 0.1) is 0 Å². The van der Waals surface area contributed by atoms with Crippen LogP contribution < -0.4 is 20.8 Å². The lowest BCUT2D eigenvalue weighted by Gasteiger charge is -2.18. The highest BCUT2D eigenvalue weighted by Gasteiger charge is 2.21. The molecule has 36 heavy (non-hydrogen) atoms. The van der Waals surface area contributed by atoms with Crippen molar-refractivity contribution < 1.29 is 19.1 Å². The van der Waals surface area contributed by atoms with Gasteiger partial charge in [0, 0.05) is 31.6 Å². The molecule has 1 heterocycles. The van der Waals surface area contributed by atoms with Crippen molar-refractivity contribution in [1.82, 2.24) is 15.2 Å². The SMILES string of the molecule is CCC(COC)NC(=O)c1cn(Cc2ccccc2OC)cc(C(=O)NCCC2=CCCCC2)c1=O. The van der Waals surface area contributed by atoms with Crippen molar-refractivity contribution in [3.05, 3.63) is 75.2 Å². The minimum absolute atomic E-state index is 0.0602. The number of amides is 2. The highest BCUT2D eigenvalue weighted by atomic mass is 16.5. The van der Waals surface area contributed by atoms with Crippen molar-refractivity contribution in [1.29, 1.82) is 0 Å². The molecule has 0 bridgehead atoms. The van der Waals surface area contributed by atoms with Gasteiger partial charge in [0.05, 0.1) is 26.3 Å². The molecule has 194 valence electrons. The van der Waals surface area contributed by atoms with Crippen LogP contribution in [-0.2, 0) is 11.3 Å². The zero-order chi connectivity index (χ0) is 25.9. The molecule has 8 heteroatoms. The third-order valence-corrected chi connectivity index (χ3v) is 6.43. The normalized spacial score (nSPS) is 14.0. The molecule has 3 rings (SSSR count). The Balaban J connectivity index is 1.88. The smallest absolute Gasteiger partial charge is 0.257 e. The molecule has 1 aliphatic carbocycles. The molecule has 8 nitrogen and oxygen atoms in total. The van der Waals surface area contributed by atoms with E-state index in [4.69, 9.17) is 9.47 Å². The maximum Gasteiger partial charge on any atom is 0.257 e. The molecule has 1 atom stereocenters. The zero-order valence-corrected chi connectivity index (χ0v) is 21.5. The van der Waals surface area contributed by atoms with Gasteiger partial charge >= 0.3 is 0 Å². The standard InChI is InChI=1S/C28H37N3O5/c1-4-22(19-35-2)30-28(34)24-18-31(16-21-12-8-9-13-25(21)36-3)17-23(26(24)32)27(33)29-15-14-20-10-6-5-7-11-20/h8-10,12-13,17-18,22H,4-7,11,14-16,19H2,1-3H3,(H,29,33)(H,30,34). The summed E-state index contributed by atoms with van der Waals surface area (Å²) in [6.45, 7) is 3.02. The summed E-state index contributed by atoms with van der Waals surface area (Å²) in [4.78, 5) is 39.4. The van der Waals surface area contributed by atoms with Gasteiger partial charge in [-0.3, -0.25) is 14.4 Å². The number of carbonyl (C=O) groups excluding carboxylic acids is 2. The highest BCUT2D eigenvalue weighted by molar-refractivity contribution is 5.99. The van der Waals surface area contributed by atoms with Gasteiger partial charge in [-0.2, -0.15) is 0 Å². The number of rotatable bonds is 12. The first-order valence-electron chi connectivity index (χ1n) is 12.6. The first-order valence-corrected chi connectivity index (χ1v) is 12.6. The summed E-state index contributed by atoms with van der Waals surface area (Å²) in [7, 11) is 3.15. The average molecular weight is 496 g/mol. The van der Waals surface area contributed by atoms with Crippen molar-refractivity contribution in [2.75, 3.05) is 27.4 Å². The van der Waals surface area contributed by atoms with E-state index >= 15 is 0 Å². The van der Waals surface area contributed by atoms with Crippen LogP contribution in [0.4, 0.5) is 0 Å². The predicted molar refractivity (Wildman–Crippen MR) is 140 cm³/mol. The topological polar surface area (TPSA) is 98.7 Å². The van der Waals surface area contributed by atoms with Crippen molar-refractivity contribution in [2.45, 2.75) is 58.0 Å². The molecule has 2 amide bonds. The van der Waals surface area contributed by atoms with Crippen molar-refractivity contribution >= 4 is 11.8 Å². The summed E-state index contributed by atoms with van der Waals surface area (Å²) >= 11 is 0. The summed E-state index contributed by atoms with van der Waals surface area (Å²) in [5, 5.41) is 5.72. The van der Waals surface area contributed by atoms with E-state index < -0.39 is 17.2 Å². The van der Waals surface area contributed by atoms with Gasteiger partial charge < -0.3 is 24.7 Å². The number of aromatic nitrogens is 1. The molecule has 0 spiro atoms. The number of nitrogens with one attached hydrogen (secondary N) is 2. The van der Waals surface area contributed by atoms with E-state index in [1.807, 2.05) is 31.2 Å². The van der Waals surface area contributed by atoms with E-state index in [0.29, 0.717) is 31.9 Å². The van der Waals surface area contributed by atoms with E-state index in [1.165, 1.54) is 30.8 Å². The molecular weight excluding hydrogens is 458 g/mol. The fourth-order valence-electron chi connectivity index (χ4n) is 4.37. The number of pyridine rings is 1. The molecule has 2 aromatic rings. The largest absolute Gasteiger partial charge is 0.496 e. The second kappa shape index (κ2) is 13.6. The average Bonchev–Trinajstić information content (AvgIpc) is 2.90. The fraction of sp³-hybridized carbons (Fsp3) is 0.464. The number of methoxy groups -OCH3 is 2. The lowest BCUT2D eigenvalue weighted by Crippen LogP contribution is -2.41. The van der Waals surface area contributed by atoms with Crippen LogP contribution in [0.25, 0.3) is 0 Å². The van der Waals surface area contributed by atoms with Crippen LogP contribution in [-0.4, -0.2) is 49.8 Å². The Kier molecular flexibility index (Phi) is 10.3. The number of carbonyl (C=O) groups is 2. The number of benzene rings is 1. The molecule has 1 aromatic heterocycles. The first kappa shape index (κ1) is 27.2. The Morgan fingerprint density at radius 1 is 1.08 bits per heavy atom. The molecule has 0 saturated carbocycles. The van der Waals surface area contributed by atoms with E-state index in [0.717, 1.165) is 24.8 Å². The minimum atomic E-state index is -0.592. The van der Waals surface area contributed by atoms with Crippen LogP contribution in [0.15, 0.2) is 53.1 Å². The van der Waals surface area contributed by atoms with E-state index in [1.54, 1.807) is 18.8 Å². The van der Waals surface area contributed by atoms with Crippen molar-refractivity contribution in [3.63, 3.8) is 0 Å². The summed E-state index contributed by atoms with van der Waals surface area (Å²) < 4.78 is 12.3. The molecule has 0 fully saturated rings. The highest BCUT2D eigenvalue weighted by Crippen LogP contribution is 2.20. The number of hydrogen-bond acceptors (Lipinski definition) is 5. The van der Waals surface area contributed by atoms with Crippen LogP contribution in [0.3, 0.4) is 0 Å². The first-order chi connectivity index (χ1) is 17.5. The summed E-state index contributed by atoms with van der Waals surface area (Å²) in [5.41, 5.74) is 1.46. The van der Waals surface area contributed by atoms with Crippen molar-refractivity contribution in [2.24, 2.45) is 0 Å². The van der Waals surface area contributed by atoms with Crippen LogP contribution in [0.1, 0.15) is 71.7 Å². The number of ether oxygens (including phenoxy) is 2. The van der Waals surface area contributed by atoms with Crippen LogP contribution >= 0.6 is 0 Å². The monoisotopic (exact) mass is 495 g/mol. The molecule has 2 N–H and O–H groups in total. The Morgan fingerprint density at radius 3 is 2.50 bits per heavy atom. The third kappa shape index (κ3) is 7.31. The quantitative estimate of drug-likeness (QED) is 0.438. The lowest BCUT2D eigenvalue weighted by atomic mass is 9.97. The van der Waals surface area contributed by atoms with Gasteiger partial charge in [-0.15, -0.1) is 0 Å². The van der Waals surface area contributed by atoms with Gasteiger partial charge in [-0.1, -0.05) is 36.8 Å². The van der Waals surface area contributed by atoms with Crippen LogP contribution in [0.5, 0.6) is 5.75 Å². The molecule has 1 unspecified atom stereocenters. The van der Waals surface area contributed by atoms with Gasteiger partial charge in [0.15, 0.2) is 0 Å². The second-order valence-electron chi connectivity index (χ2n) is 9.05. The number of allylic oxidation sites excluding steroid dienone is 1. The summed E-state index contributed by atoms with van der Waals surface area (Å²) in [6, 6.07) is 7.26. The number of hydrogen-bond donors (Lipinski definition) is 2. The third-order valence-electron chi connectivity index (χ3n) is 6.43. The van der Waals surface area contributed by atoms with E-state index in [2.05, 4.69) is 16.7 Å².